The topological polar surface area (TPSA) is 82.3 Å². The van der Waals surface area contributed by atoms with Gasteiger partial charge in [0.05, 0.1) is 22.8 Å². The number of aromatic nitrogens is 2. The fraction of sp³-hybridized carbons (Fsp3) is 0.235. The van der Waals surface area contributed by atoms with E-state index in [9.17, 15) is 18.8 Å². The van der Waals surface area contributed by atoms with Crippen molar-refractivity contribution in [3.8, 4) is 0 Å². The van der Waals surface area contributed by atoms with Crippen molar-refractivity contribution in [2.24, 2.45) is 14.1 Å². The maximum atomic E-state index is 13.8. The summed E-state index contributed by atoms with van der Waals surface area (Å²) in [5, 5.41) is 2.97. The molecular formula is C17H14FN3O4. The Morgan fingerprint density at radius 1 is 1.20 bits per heavy atom. The maximum Gasteiger partial charge on any atom is 0.337 e. The number of fused-ring (bicyclic) bond motifs is 1. The molecule has 0 saturated heterocycles. The van der Waals surface area contributed by atoms with Crippen molar-refractivity contribution in [3.05, 3.63) is 73.3 Å². The number of carbonyl (C=O) groups excluding carboxylic acids is 1. The average Bonchev–Trinajstić information content (AvgIpc) is 2.97. The molecule has 0 fully saturated rings. The van der Waals surface area contributed by atoms with E-state index in [4.69, 9.17) is 4.74 Å². The van der Waals surface area contributed by atoms with Gasteiger partial charge in [0.2, 0.25) is 0 Å². The molecule has 3 heterocycles. The fourth-order valence-corrected chi connectivity index (χ4v) is 3.40. The summed E-state index contributed by atoms with van der Waals surface area (Å²) in [7, 11) is 2.89. The smallest absolute Gasteiger partial charge is 0.337 e. The molecule has 1 N–H and O–H groups in total. The highest BCUT2D eigenvalue weighted by Gasteiger charge is 2.41. The second-order valence-electron chi connectivity index (χ2n) is 6.05. The van der Waals surface area contributed by atoms with Crippen LogP contribution in [0.1, 0.15) is 17.0 Å². The highest BCUT2D eigenvalue weighted by atomic mass is 19.1. The standard InChI is InChI=1S/C17H14FN3O4/c1-20-14-13(15(22)21(2)17(20)24)11(8-4-3-5-9(18)6-8)12-10(19-14)7-25-16(12)23/h3-6,11,19H,7H2,1-2H3/t11-/m1/s1. The van der Waals surface area contributed by atoms with Crippen molar-refractivity contribution < 1.29 is 13.9 Å². The monoisotopic (exact) mass is 343 g/mol. The molecule has 8 heteroatoms. The van der Waals surface area contributed by atoms with Gasteiger partial charge in [0.25, 0.3) is 5.56 Å². The molecule has 1 aromatic carbocycles. The summed E-state index contributed by atoms with van der Waals surface area (Å²) in [6.45, 7) is 0.0167. The number of rotatable bonds is 1. The molecule has 4 rings (SSSR count). The number of hydrogen-bond donors (Lipinski definition) is 1. The van der Waals surface area contributed by atoms with Gasteiger partial charge in [-0.15, -0.1) is 0 Å². The summed E-state index contributed by atoms with van der Waals surface area (Å²) in [5.74, 6) is -1.55. The minimum atomic E-state index is -0.803. The van der Waals surface area contributed by atoms with Crippen molar-refractivity contribution in [2.75, 3.05) is 11.9 Å². The zero-order valence-electron chi connectivity index (χ0n) is 13.5. The molecule has 1 aromatic heterocycles. The van der Waals surface area contributed by atoms with Crippen LogP contribution in [0.15, 0.2) is 45.1 Å². The lowest BCUT2D eigenvalue weighted by atomic mass is 9.82. The van der Waals surface area contributed by atoms with Crippen LogP contribution in [0, 0.1) is 5.82 Å². The quantitative estimate of drug-likeness (QED) is 0.767. The van der Waals surface area contributed by atoms with Gasteiger partial charge in [0, 0.05) is 14.1 Å². The summed E-state index contributed by atoms with van der Waals surface area (Å²) in [4.78, 5) is 37.3. The van der Waals surface area contributed by atoms with Gasteiger partial charge in [-0.1, -0.05) is 12.1 Å². The summed E-state index contributed by atoms with van der Waals surface area (Å²) in [6, 6.07) is 5.72. The molecular weight excluding hydrogens is 329 g/mol. The van der Waals surface area contributed by atoms with Gasteiger partial charge in [-0.3, -0.25) is 13.9 Å². The molecule has 128 valence electrons. The Balaban J connectivity index is 2.10. The van der Waals surface area contributed by atoms with Gasteiger partial charge in [0.1, 0.15) is 18.2 Å². The van der Waals surface area contributed by atoms with Crippen LogP contribution in [0.2, 0.25) is 0 Å². The molecule has 0 amide bonds. The third kappa shape index (κ3) is 2.07. The van der Waals surface area contributed by atoms with Crippen LogP contribution in [0.3, 0.4) is 0 Å². The zero-order chi connectivity index (χ0) is 17.9. The Bertz CT molecular complexity index is 1080. The number of nitrogens with zero attached hydrogens (tertiary/aromatic N) is 2. The van der Waals surface area contributed by atoms with Crippen LogP contribution in [0.5, 0.6) is 0 Å². The number of nitrogens with one attached hydrogen (secondary N) is 1. The molecule has 2 aliphatic heterocycles. The third-order valence-electron chi connectivity index (χ3n) is 4.62. The summed E-state index contributed by atoms with van der Waals surface area (Å²) in [6.07, 6.45) is 0. The average molecular weight is 343 g/mol. The van der Waals surface area contributed by atoms with E-state index in [-0.39, 0.29) is 17.7 Å². The van der Waals surface area contributed by atoms with Crippen LogP contribution < -0.4 is 16.6 Å². The van der Waals surface area contributed by atoms with E-state index in [0.717, 1.165) is 4.57 Å². The van der Waals surface area contributed by atoms with Crippen LogP contribution in [0.25, 0.3) is 0 Å². The molecule has 25 heavy (non-hydrogen) atoms. The van der Waals surface area contributed by atoms with E-state index in [2.05, 4.69) is 5.32 Å². The van der Waals surface area contributed by atoms with Crippen molar-refractivity contribution in [1.29, 1.82) is 0 Å². The van der Waals surface area contributed by atoms with E-state index < -0.39 is 29.0 Å². The first-order valence-electron chi connectivity index (χ1n) is 7.62. The Morgan fingerprint density at radius 2 is 1.96 bits per heavy atom. The molecule has 7 nitrogen and oxygen atoms in total. The van der Waals surface area contributed by atoms with Crippen molar-refractivity contribution >= 4 is 11.8 Å². The van der Waals surface area contributed by atoms with Gasteiger partial charge in [-0.25, -0.2) is 14.0 Å². The van der Waals surface area contributed by atoms with Crippen molar-refractivity contribution in [2.45, 2.75) is 5.92 Å². The second kappa shape index (κ2) is 5.17. The van der Waals surface area contributed by atoms with E-state index in [1.807, 2.05) is 0 Å². The number of halogens is 1. The van der Waals surface area contributed by atoms with Crippen LogP contribution >= 0.6 is 0 Å². The molecule has 0 spiro atoms. The van der Waals surface area contributed by atoms with E-state index >= 15 is 0 Å². The van der Waals surface area contributed by atoms with Crippen molar-refractivity contribution in [3.63, 3.8) is 0 Å². The number of ether oxygens (including phenoxy) is 1. The molecule has 0 radical (unpaired) electrons. The Hall–Kier alpha value is -3.16. The normalized spacial score (nSPS) is 18.5. The predicted molar refractivity (Wildman–Crippen MR) is 86.8 cm³/mol. The minimum absolute atomic E-state index is 0.0167. The van der Waals surface area contributed by atoms with E-state index in [1.165, 1.54) is 36.9 Å². The Kier molecular flexibility index (Phi) is 3.18. The Morgan fingerprint density at radius 3 is 2.68 bits per heavy atom. The maximum absolute atomic E-state index is 13.8. The summed E-state index contributed by atoms with van der Waals surface area (Å²) in [5.41, 5.74) is 0.385. The first kappa shape index (κ1) is 15.4. The highest BCUT2D eigenvalue weighted by Crippen LogP contribution is 2.42. The van der Waals surface area contributed by atoms with Gasteiger partial charge in [0.15, 0.2) is 0 Å². The van der Waals surface area contributed by atoms with E-state index in [1.54, 1.807) is 6.07 Å². The number of carbonyl (C=O) groups is 1. The number of hydrogen-bond acceptors (Lipinski definition) is 5. The lowest BCUT2D eigenvalue weighted by molar-refractivity contribution is -0.136. The molecule has 0 aliphatic carbocycles. The van der Waals surface area contributed by atoms with Crippen molar-refractivity contribution in [1.82, 2.24) is 9.13 Å². The lowest BCUT2D eigenvalue weighted by Crippen LogP contribution is -2.43. The number of benzene rings is 1. The lowest BCUT2D eigenvalue weighted by Gasteiger charge is -2.28. The third-order valence-corrected chi connectivity index (χ3v) is 4.62. The number of anilines is 1. The summed E-state index contributed by atoms with van der Waals surface area (Å²) >= 11 is 0. The predicted octanol–water partition coefficient (Wildman–Crippen LogP) is 0.591. The summed E-state index contributed by atoms with van der Waals surface area (Å²) < 4.78 is 21.1. The Labute approximate surface area is 141 Å². The first-order chi connectivity index (χ1) is 11.9. The van der Waals surface area contributed by atoms with Crippen LogP contribution in [-0.2, 0) is 23.6 Å². The molecule has 0 bridgehead atoms. The second-order valence-corrected chi connectivity index (χ2v) is 6.05. The fourth-order valence-electron chi connectivity index (χ4n) is 3.40. The SMILES string of the molecule is Cn1c2c(c(=O)n(C)c1=O)[C@H](c1cccc(F)c1)C1=C(COC1=O)N2. The molecule has 0 unspecified atom stereocenters. The van der Waals surface area contributed by atoms with Gasteiger partial charge in [-0.2, -0.15) is 0 Å². The number of esters is 1. The molecule has 2 aliphatic rings. The highest BCUT2D eigenvalue weighted by molar-refractivity contribution is 5.96. The van der Waals surface area contributed by atoms with E-state index in [0.29, 0.717) is 17.1 Å². The van der Waals surface area contributed by atoms with Gasteiger partial charge < -0.3 is 10.1 Å². The first-order valence-corrected chi connectivity index (χ1v) is 7.62. The number of cyclic esters (lactones) is 1. The molecule has 0 saturated carbocycles. The molecule has 1 atom stereocenters. The minimum Gasteiger partial charge on any atom is -0.456 e. The zero-order valence-corrected chi connectivity index (χ0v) is 13.5. The van der Waals surface area contributed by atoms with Crippen LogP contribution in [-0.4, -0.2) is 21.7 Å². The molecule has 2 aromatic rings. The van der Waals surface area contributed by atoms with Gasteiger partial charge in [-0.05, 0) is 17.7 Å². The van der Waals surface area contributed by atoms with Crippen LogP contribution in [0.4, 0.5) is 10.2 Å². The largest absolute Gasteiger partial charge is 0.456 e. The van der Waals surface area contributed by atoms with Gasteiger partial charge >= 0.3 is 11.7 Å².